The topological polar surface area (TPSA) is 81.4 Å². The van der Waals surface area contributed by atoms with Crippen molar-refractivity contribution in [2.75, 3.05) is 0 Å². The molecule has 0 bridgehead atoms. The van der Waals surface area contributed by atoms with E-state index in [9.17, 15) is 4.79 Å². The summed E-state index contributed by atoms with van der Waals surface area (Å²) in [5.74, 6) is 0.555. The molecule has 3 aromatic heterocycles. The first kappa shape index (κ1) is 11.4. The Morgan fingerprint density at radius 2 is 2.11 bits per heavy atom. The van der Waals surface area contributed by atoms with Crippen molar-refractivity contribution in [1.29, 1.82) is 0 Å². The molecule has 0 amide bonds. The van der Waals surface area contributed by atoms with Crippen LogP contribution < -0.4 is 5.56 Å². The molecule has 19 heavy (non-hydrogen) atoms. The van der Waals surface area contributed by atoms with Gasteiger partial charge >= 0.3 is 0 Å². The van der Waals surface area contributed by atoms with Gasteiger partial charge in [0, 0.05) is 6.20 Å². The van der Waals surface area contributed by atoms with Gasteiger partial charge in [-0.1, -0.05) is 5.21 Å². The minimum Gasteiger partial charge on any atom is -0.295 e. The highest BCUT2D eigenvalue weighted by molar-refractivity contribution is 5.34. The van der Waals surface area contributed by atoms with Crippen molar-refractivity contribution in [3.8, 4) is 11.5 Å². The van der Waals surface area contributed by atoms with Gasteiger partial charge < -0.3 is 0 Å². The van der Waals surface area contributed by atoms with Crippen LogP contribution in [-0.2, 0) is 0 Å². The van der Waals surface area contributed by atoms with Gasteiger partial charge in [0.25, 0.3) is 5.56 Å². The lowest BCUT2D eigenvalue weighted by atomic mass is 10.2. The van der Waals surface area contributed by atoms with Crippen LogP contribution in [0.3, 0.4) is 0 Å². The molecule has 3 rings (SSSR count). The average Bonchev–Trinajstić information content (AvgIpc) is 3.02. The van der Waals surface area contributed by atoms with Crippen LogP contribution in [0.25, 0.3) is 11.5 Å². The Hall–Kier alpha value is -2.70. The van der Waals surface area contributed by atoms with E-state index < -0.39 is 0 Å². The summed E-state index contributed by atoms with van der Waals surface area (Å²) in [7, 11) is 0. The Morgan fingerprint density at radius 3 is 2.79 bits per heavy atom. The van der Waals surface area contributed by atoms with E-state index in [-0.39, 0.29) is 5.56 Å². The fourth-order valence-corrected chi connectivity index (χ4v) is 1.76. The maximum absolute atomic E-state index is 12.3. The zero-order chi connectivity index (χ0) is 13.4. The highest BCUT2D eigenvalue weighted by atomic mass is 16.1. The molecule has 7 heteroatoms. The van der Waals surface area contributed by atoms with Gasteiger partial charge in [-0.05, 0) is 31.0 Å². The lowest BCUT2D eigenvalue weighted by Gasteiger charge is -2.03. The standard InChI is InChI=1S/C12H12N6O/c1-8-5-11(13-6-9(8)2)18-12(19)10(7-15-18)17-4-3-14-16-17/h3-7,15H,1-2H3. The summed E-state index contributed by atoms with van der Waals surface area (Å²) in [6.07, 6.45) is 6.45. The van der Waals surface area contributed by atoms with Crippen molar-refractivity contribution < 1.29 is 0 Å². The number of nitrogens with zero attached hydrogens (tertiary/aromatic N) is 5. The van der Waals surface area contributed by atoms with Crippen molar-refractivity contribution >= 4 is 0 Å². The fourth-order valence-electron chi connectivity index (χ4n) is 1.76. The molecule has 0 saturated heterocycles. The zero-order valence-electron chi connectivity index (χ0n) is 10.5. The first-order valence-electron chi connectivity index (χ1n) is 5.77. The van der Waals surface area contributed by atoms with Crippen LogP contribution in [-0.4, -0.2) is 29.8 Å². The van der Waals surface area contributed by atoms with Gasteiger partial charge in [-0.15, -0.1) is 5.10 Å². The minimum absolute atomic E-state index is 0.221. The number of aromatic nitrogens is 6. The minimum atomic E-state index is -0.221. The summed E-state index contributed by atoms with van der Waals surface area (Å²) in [5.41, 5.74) is 2.34. The predicted octanol–water partition coefficient (Wildman–Crippen LogP) is 0.758. The van der Waals surface area contributed by atoms with Crippen molar-refractivity contribution in [1.82, 2.24) is 29.8 Å². The second-order valence-electron chi connectivity index (χ2n) is 4.27. The first-order valence-corrected chi connectivity index (χ1v) is 5.77. The first-order chi connectivity index (χ1) is 9.16. The Bertz CT molecular complexity index is 768. The van der Waals surface area contributed by atoms with Crippen LogP contribution in [0.5, 0.6) is 0 Å². The van der Waals surface area contributed by atoms with Crippen molar-refractivity contribution in [3.05, 3.63) is 52.3 Å². The molecule has 0 aliphatic carbocycles. The highest BCUT2D eigenvalue weighted by Crippen LogP contribution is 2.09. The number of rotatable bonds is 2. The summed E-state index contributed by atoms with van der Waals surface area (Å²) in [5, 5.41) is 10.4. The van der Waals surface area contributed by atoms with Crippen LogP contribution in [0.2, 0.25) is 0 Å². The Labute approximate surface area is 108 Å². The maximum Gasteiger partial charge on any atom is 0.298 e. The third-order valence-electron chi connectivity index (χ3n) is 3.01. The average molecular weight is 256 g/mol. The Kier molecular flexibility index (Phi) is 2.52. The number of hydrogen-bond acceptors (Lipinski definition) is 4. The Morgan fingerprint density at radius 1 is 1.26 bits per heavy atom. The SMILES string of the molecule is Cc1cnc(-n2[nH]cc(-n3ccnn3)c2=O)cc1C. The molecule has 96 valence electrons. The van der Waals surface area contributed by atoms with E-state index in [1.54, 1.807) is 18.6 Å². The van der Waals surface area contributed by atoms with Crippen LogP contribution in [0.4, 0.5) is 0 Å². The third-order valence-corrected chi connectivity index (χ3v) is 3.01. The highest BCUT2D eigenvalue weighted by Gasteiger charge is 2.11. The summed E-state index contributed by atoms with van der Waals surface area (Å²) in [4.78, 5) is 16.5. The largest absolute Gasteiger partial charge is 0.298 e. The quantitative estimate of drug-likeness (QED) is 0.733. The molecule has 0 atom stereocenters. The van der Waals surface area contributed by atoms with Crippen LogP contribution in [0.1, 0.15) is 11.1 Å². The molecule has 0 saturated carbocycles. The van der Waals surface area contributed by atoms with E-state index in [0.717, 1.165) is 11.1 Å². The third kappa shape index (κ3) is 1.85. The number of H-pyrrole nitrogens is 1. The normalized spacial score (nSPS) is 10.8. The summed E-state index contributed by atoms with van der Waals surface area (Å²) in [6.45, 7) is 3.96. The second-order valence-corrected chi connectivity index (χ2v) is 4.27. The molecule has 0 unspecified atom stereocenters. The van der Waals surface area contributed by atoms with Crippen LogP contribution >= 0.6 is 0 Å². The summed E-state index contributed by atoms with van der Waals surface area (Å²) < 4.78 is 2.79. The van der Waals surface area contributed by atoms with Gasteiger partial charge in [0.05, 0.1) is 18.6 Å². The number of hydrogen-bond donors (Lipinski definition) is 1. The molecular formula is C12H12N6O. The van der Waals surface area contributed by atoms with Gasteiger partial charge in [-0.25, -0.2) is 9.67 Å². The van der Waals surface area contributed by atoms with E-state index >= 15 is 0 Å². The van der Waals surface area contributed by atoms with Crippen molar-refractivity contribution in [2.45, 2.75) is 13.8 Å². The van der Waals surface area contributed by atoms with Gasteiger partial charge in [-0.2, -0.15) is 4.68 Å². The second kappa shape index (κ2) is 4.20. The van der Waals surface area contributed by atoms with Gasteiger partial charge in [0.2, 0.25) is 0 Å². The van der Waals surface area contributed by atoms with Gasteiger partial charge in [0.15, 0.2) is 11.5 Å². The van der Waals surface area contributed by atoms with Gasteiger partial charge in [-0.3, -0.25) is 9.89 Å². The molecule has 0 aliphatic heterocycles. The van der Waals surface area contributed by atoms with E-state index in [1.165, 1.54) is 15.6 Å². The summed E-state index contributed by atoms with van der Waals surface area (Å²) >= 11 is 0. The Balaban J connectivity index is 2.12. The van der Waals surface area contributed by atoms with E-state index in [2.05, 4.69) is 20.4 Å². The van der Waals surface area contributed by atoms with Gasteiger partial charge in [0.1, 0.15) is 0 Å². The van der Waals surface area contributed by atoms with Crippen molar-refractivity contribution in [2.24, 2.45) is 0 Å². The fraction of sp³-hybridized carbons (Fsp3) is 0.167. The zero-order valence-corrected chi connectivity index (χ0v) is 10.5. The van der Waals surface area contributed by atoms with E-state index in [1.807, 2.05) is 19.9 Å². The molecule has 3 aromatic rings. The van der Waals surface area contributed by atoms with E-state index in [0.29, 0.717) is 11.5 Å². The summed E-state index contributed by atoms with van der Waals surface area (Å²) in [6, 6.07) is 1.86. The number of nitrogens with one attached hydrogen (secondary N) is 1. The molecular weight excluding hydrogens is 244 g/mol. The molecule has 0 aliphatic rings. The van der Waals surface area contributed by atoms with Crippen molar-refractivity contribution in [3.63, 3.8) is 0 Å². The monoisotopic (exact) mass is 256 g/mol. The number of aromatic amines is 1. The number of aryl methyl sites for hydroxylation is 2. The van der Waals surface area contributed by atoms with Crippen LogP contribution in [0.15, 0.2) is 35.6 Å². The molecule has 0 aromatic carbocycles. The molecule has 0 fully saturated rings. The number of pyridine rings is 1. The lowest BCUT2D eigenvalue weighted by Crippen LogP contribution is -2.19. The molecule has 0 radical (unpaired) electrons. The lowest BCUT2D eigenvalue weighted by molar-refractivity contribution is 0.785. The molecule has 7 nitrogen and oxygen atoms in total. The molecule has 3 heterocycles. The molecule has 0 spiro atoms. The maximum atomic E-state index is 12.3. The van der Waals surface area contributed by atoms with E-state index in [4.69, 9.17) is 0 Å². The van der Waals surface area contributed by atoms with Crippen LogP contribution in [0, 0.1) is 13.8 Å². The molecule has 1 N–H and O–H groups in total. The smallest absolute Gasteiger partial charge is 0.295 e. The predicted molar refractivity (Wildman–Crippen MR) is 68.6 cm³/mol.